The molecule has 0 radical (unpaired) electrons. The van der Waals surface area contributed by atoms with Crippen LogP contribution in [0.4, 0.5) is 0 Å². The van der Waals surface area contributed by atoms with Gasteiger partial charge in [0, 0.05) is 18.2 Å². The molecule has 5 nitrogen and oxygen atoms in total. The first-order valence-electron chi connectivity index (χ1n) is 6.85. The lowest BCUT2D eigenvalue weighted by molar-refractivity contribution is 0.0924. The normalized spacial score (nSPS) is 24.4. The summed E-state index contributed by atoms with van der Waals surface area (Å²) in [6.45, 7) is 8.39. The van der Waals surface area contributed by atoms with Crippen molar-refractivity contribution in [3.63, 3.8) is 0 Å². The number of rotatable bonds is 3. The molecule has 2 unspecified atom stereocenters. The molecule has 0 bridgehead atoms. The fourth-order valence-corrected chi connectivity index (χ4v) is 2.77. The van der Waals surface area contributed by atoms with E-state index >= 15 is 0 Å². The van der Waals surface area contributed by atoms with Crippen molar-refractivity contribution in [2.45, 2.75) is 46.2 Å². The Labute approximate surface area is 114 Å². The van der Waals surface area contributed by atoms with Gasteiger partial charge in [-0.2, -0.15) is 0 Å². The Bertz CT molecular complexity index is 456. The molecule has 1 aromatic rings. The van der Waals surface area contributed by atoms with Gasteiger partial charge < -0.3 is 4.42 Å². The highest BCUT2D eigenvalue weighted by atomic mass is 16.4. The molecule has 19 heavy (non-hydrogen) atoms. The number of aryl methyl sites for hydroxylation is 1. The predicted octanol–water partition coefficient (Wildman–Crippen LogP) is 1.81. The van der Waals surface area contributed by atoms with Crippen molar-refractivity contribution in [3.05, 3.63) is 23.2 Å². The third-order valence-corrected chi connectivity index (χ3v) is 4.02. The summed E-state index contributed by atoms with van der Waals surface area (Å²) in [4.78, 5) is 13.9. The van der Waals surface area contributed by atoms with Crippen LogP contribution in [0.25, 0.3) is 0 Å². The Morgan fingerprint density at radius 1 is 1.58 bits per heavy atom. The van der Waals surface area contributed by atoms with Crippen molar-refractivity contribution < 1.29 is 9.21 Å². The summed E-state index contributed by atoms with van der Waals surface area (Å²) in [6.07, 6.45) is 2.46. The molecular weight excluding hydrogens is 242 g/mol. The fraction of sp³-hybridized carbons (Fsp3) is 0.643. The lowest BCUT2D eigenvalue weighted by atomic mass is 9.93. The Hall–Kier alpha value is -1.33. The van der Waals surface area contributed by atoms with E-state index in [4.69, 9.17) is 10.3 Å². The van der Waals surface area contributed by atoms with E-state index in [0.29, 0.717) is 6.04 Å². The van der Waals surface area contributed by atoms with Gasteiger partial charge in [0.15, 0.2) is 5.76 Å². The van der Waals surface area contributed by atoms with Crippen molar-refractivity contribution in [3.8, 4) is 0 Å². The predicted molar refractivity (Wildman–Crippen MR) is 73.4 cm³/mol. The van der Waals surface area contributed by atoms with Crippen LogP contribution in [0.2, 0.25) is 0 Å². The minimum Gasteiger partial charge on any atom is -0.456 e. The highest BCUT2D eigenvalue weighted by molar-refractivity contribution is 5.91. The maximum absolute atomic E-state index is 11.4. The van der Waals surface area contributed by atoms with Crippen molar-refractivity contribution in [2.75, 3.05) is 6.54 Å². The molecule has 1 aliphatic heterocycles. The second-order valence-corrected chi connectivity index (χ2v) is 5.61. The van der Waals surface area contributed by atoms with Crippen LogP contribution in [-0.2, 0) is 6.54 Å². The molecule has 106 valence electrons. The number of furan rings is 1. The van der Waals surface area contributed by atoms with Crippen LogP contribution in [0.15, 0.2) is 10.5 Å². The SMILES string of the molecule is Cc1oc(C(=O)NN)cc1CN1CCC(C)CC1C. The van der Waals surface area contributed by atoms with Crippen molar-refractivity contribution in [2.24, 2.45) is 11.8 Å². The molecule has 1 aliphatic rings. The highest BCUT2D eigenvalue weighted by Gasteiger charge is 2.24. The van der Waals surface area contributed by atoms with Crippen LogP contribution in [-0.4, -0.2) is 23.4 Å². The van der Waals surface area contributed by atoms with Gasteiger partial charge in [-0.25, -0.2) is 5.84 Å². The van der Waals surface area contributed by atoms with Gasteiger partial charge in [-0.15, -0.1) is 0 Å². The summed E-state index contributed by atoms with van der Waals surface area (Å²) >= 11 is 0. The van der Waals surface area contributed by atoms with Crippen LogP contribution in [0.5, 0.6) is 0 Å². The Kier molecular flexibility index (Phi) is 4.27. The molecule has 0 spiro atoms. The lowest BCUT2D eigenvalue weighted by Crippen LogP contribution is -2.39. The number of hydrogen-bond donors (Lipinski definition) is 2. The van der Waals surface area contributed by atoms with Gasteiger partial charge in [-0.3, -0.25) is 15.1 Å². The van der Waals surface area contributed by atoms with E-state index < -0.39 is 0 Å². The first-order chi connectivity index (χ1) is 9.01. The van der Waals surface area contributed by atoms with E-state index in [0.717, 1.165) is 30.3 Å². The number of nitrogens with one attached hydrogen (secondary N) is 1. The number of amides is 1. The molecule has 1 aromatic heterocycles. The van der Waals surface area contributed by atoms with Crippen LogP contribution in [0.1, 0.15) is 48.6 Å². The molecule has 1 amide bonds. The molecule has 3 N–H and O–H groups in total. The van der Waals surface area contributed by atoms with Crippen LogP contribution in [0.3, 0.4) is 0 Å². The number of likely N-dealkylation sites (tertiary alicyclic amines) is 1. The summed E-state index contributed by atoms with van der Waals surface area (Å²) < 4.78 is 5.45. The van der Waals surface area contributed by atoms with Gasteiger partial charge in [0.05, 0.1) is 0 Å². The number of carbonyl (C=O) groups excluding carboxylic acids is 1. The maximum Gasteiger partial charge on any atom is 0.300 e. The quantitative estimate of drug-likeness (QED) is 0.497. The number of nitrogen functional groups attached to an aromatic ring is 1. The number of hydrogen-bond acceptors (Lipinski definition) is 4. The van der Waals surface area contributed by atoms with E-state index in [1.165, 1.54) is 12.8 Å². The second-order valence-electron chi connectivity index (χ2n) is 5.61. The van der Waals surface area contributed by atoms with E-state index in [-0.39, 0.29) is 11.7 Å². The highest BCUT2D eigenvalue weighted by Crippen LogP contribution is 2.25. The van der Waals surface area contributed by atoms with Gasteiger partial charge in [-0.1, -0.05) is 6.92 Å². The van der Waals surface area contributed by atoms with Gasteiger partial charge >= 0.3 is 5.91 Å². The molecule has 1 saturated heterocycles. The van der Waals surface area contributed by atoms with Crippen molar-refractivity contribution in [1.29, 1.82) is 0 Å². The van der Waals surface area contributed by atoms with Crippen molar-refractivity contribution in [1.82, 2.24) is 10.3 Å². The van der Waals surface area contributed by atoms with Crippen LogP contribution < -0.4 is 11.3 Å². The second kappa shape index (κ2) is 5.75. The molecule has 2 atom stereocenters. The number of piperidine rings is 1. The smallest absolute Gasteiger partial charge is 0.300 e. The number of nitrogens with two attached hydrogens (primary N) is 1. The minimum atomic E-state index is -0.380. The van der Waals surface area contributed by atoms with Gasteiger partial charge in [0.2, 0.25) is 0 Å². The third-order valence-electron chi connectivity index (χ3n) is 4.02. The monoisotopic (exact) mass is 265 g/mol. The molecule has 1 fully saturated rings. The number of nitrogens with zero attached hydrogens (tertiary/aromatic N) is 1. The summed E-state index contributed by atoms with van der Waals surface area (Å²) in [5.74, 6) is 6.62. The first kappa shape index (κ1) is 14.1. The molecular formula is C14H23N3O2. The fourth-order valence-electron chi connectivity index (χ4n) is 2.77. The van der Waals surface area contributed by atoms with Gasteiger partial charge in [0.1, 0.15) is 5.76 Å². The lowest BCUT2D eigenvalue weighted by Gasteiger charge is -2.36. The zero-order valence-corrected chi connectivity index (χ0v) is 11.9. The largest absolute Gasteiger partial charge is 0.456 e. The molecule has 0 aromatic carbocycles. The zero-order chi connectivity index (χ0) is 14.0. The minimum absolute atomic E-state index is 0.285. The van der Waals surface area contributed by atoms with E-state index in [2.05, 4.69) is 24.2 Å². The van der Waals surface area contributed by atoms with Gasteiger partial charge in [-0.05, 0) is 45.2 Å². The van der Waals surface area contributed by atoms with Gasteiger partial charge in [0.25, 0.3) is 0 Å². The van der Waals surface area contributed by atoms with E-state index in [9.17, 15) is 4.79 Å². The Balaban J connectivity index is 2.06. The van der Waals surface area contributed by atoms with Crippen LogP contribution in [0, 0.1) is 12.8 Å². The Morgan fingerprint density at radius 2 is 2.32 bits per heavy atom. The molecule has 5 heteroatoms. The third kappa shape index (κ3) is 3.16. The summed E-state index contributed by atoms with van der Waals surface area (Å²) in [6, 6.07) is 2.37. The first-order valence-corrected chi connectivity index (χ1v) is 6.85. The summed E-state index contributed by atoms with van der Waals surface area (Å²) in [7, 11) is 0. The summed E-state index contributed by atoms with van der Waals surface area (Å²) in [5.41, 5.74) is 3.16. The standard InChI is InChI=1S/C14H23N3O2/c1-9-4-5-17(10(2)6-9)8-12-7-13(14(18)16-15)19-11(12)3/h7,9-10H,4-6,8,15H2,1-3H3,(H,16,18). The van der Waals surface area contributed by atoms with Crippen molar-refractivity contribution >= 4 is 5.91 Å². The molecule has 2 rings (SSSR count). The van der Waals surface area contributed by atoms with E-state index in [1.54, 1.807) is 6.07 Å². The summed E-state index contributed by atoms with van der Waals surface area (Å²) in [5, 5.41) is 0. The molecule has 0 saturated carbocycles. The van der Waals surface area contributed by atoms with Crippen LogP contribution >= 0.6 is 0 Å². The average Bonchev–Trinajstić information content (AvgIpc) is 2.73. The average molecular weight is 265 g/mol. The zero-order valence-electron chi connectivity index (χ0n) is 11.9. The topological polar surface area (TPSA) is 71.5 Å². The number of hydrazine groups is 1. The molecule has 2 heterocycles. The van der Waals surface area contributed by atoms with E-state index in [1.807, 2.05) is 6.92 Å². The Morgan fingerprint density at radius 3 is 2.95 bits per heavy atom. The molecule has 0 aliphatic carbocycles. The number of carbonyl (C=O) groups is 1. The maximum atomic E-state index is 11.4.